The van der Waals surface area contributed by atoms with Crippen LogP contribution in [-0.2, 0) is 4.79 Å². The van der Waals surface area contributed by atoms with Crippen molar-refractivity contribution in [1.29, 1.82) is 0 Å². The van der Waals surface area contributed by atoms with E-state index in [0.717, 1.165) is 6.42 Å². The molecule has 0 spiro atoms. The largest absolute Gasteiger partial charge is 0.426 e. The van der Waals surface area contributed by atoms with Gasteiger partial charge < -0.3 is 4.74 Å². The van der Waals surface area contributed by atoms with Crippen molar-refractivity contribution in [3.8, 4) is 5.75 Å². The van der Waals surface area contributed by atoms with Crippen molar-refractivity contribution in [3.05, 3.63) is 46.0 Å². The molecule has 0 aliphatic carbocycles. The van der Waals surface area contributed by atoms with Crippen LogP contribution in [0.2, 0.25) is 0 Å². The Morgan fingerprint density at radius 1 is 1.33 bits per heavy atom. The number of non-ortho nitro benzene ring substituents is 1. The molecular formula is C16H21NO4. The molecule has 5 nitrogen and oxygen atoms in total. The Kier molecular flexibility index (Phi) is 6.59. The minimum absolute atomic E-state index is 0.0240. The van der Waals surface area contributed by atoms with Crippen LogP contribution in [0.25, 0.3) is 0 Å². The summed E-state index contributed by atoms with van der Waals surface area (Å²) in [4.78, 5) is 22.2. The molecule has 1 atom stereocenters. The van der Waals surface area contributed by atoms with Gasteiger partial charge in [-0.1, -0.05) is 25.5 Å². The summed E-state index contributed by atoms with van der Waals surface area (Å²) < 4.78 is 5.30. The van der Waals surface area contributed by atoms with E-state index in [9.17, 15) is 14.9 Å². The first kappa shape index (κ1) is 16.9. The highest BCUT2D eigenvalue weighted by Crippen LogP contribution is 2.22. The van der Waals surface area contributed by atoms with E-state index in [4.69, 9.17) is 4.74 Å². The summed E-state index contributed by atoms with van der Waals surface area (Å²) in [6.45, 7) is 5.97. The zero-order valence-electron chi connectivity index (χ0n) is 12.7. The third kappa shape index (κ3) is 5.02. The van der Waals surface area contributed by atoms with Crippen LogP contribution in [0.3, 0.4) is 0 Å². The highest BCUT2D eigenvalue weighted by Gasteiger charge is 2.20. The van der Waals surface area contributed by atoms with Crippen LogP contribution in [-0.4, -0.2) is 10.9 Å². The second-order valence-corrected chi connectivity index (χ2v) is 4.78. The van der Waals surface area contributed by atoms with Crippen molar-refractivity contribution in [2.24, 2.45) is 5.92 Å². The molecule has 21 heavy (non-hydrogen) atoms. The Morgan fingerprint density at radius 2 is 1.95 bits per heavy atom. The van der Waals surface area contributed by atoms with Gasteiger partial charge in [-0.3, -0.25) is 14.9 Å². The zero-order chi connectivity index (χ0) is 15.8. The second kappa shape index (κ2) is 8.19. The van der Waals surface area contributed by atoms with Gasteiger partial charge in [-0.2, -0.15) is 0 Å². The van der Waals surface area contributed by atoms with Crippen LogP contribution in [0.4, 0.5) is 5.69 Å². The second-order valence-electron chi connectivity index (χ2n) is 4.78. The lowest BCUT2D eigenvalue weighted by Crippen LogP contribution is -2.20. The van der Waals surface area contributed by atoms with Crippen molar-refractivity contribution in [3.63, 3.8) is 0 Å². The predicted octanol–water partition coefficient (Wildman–Crippen LogP) is 4.27. The van der Waals surface area contributed by atoms with Gasteiger partial charge in [0.1, 0.15) is 5.75 Å². The van der Waals surface area contributed by atoms with E-state index in [-0.39, 0.29) is 17.6 Å². The van der Waals surface area contributed by atoms with Gasteiger partial charge in [-0.25, -0.2) is 0 Å². The number of hydrogen-bond donors (Lipinski definition) is 0. The van der Waals surface area contributed by atoms with Gasteiger partial charge >= 0.3 is 5.97 Å². The van der Waals surface area contributed by atoms with Crippen molar-refractivity contribution >= 4 is 11.7 Å². The van der Waals surface area contributed by atoms with Crippen molar-refractivity contribution in [1.82, 2.24) is 0 Å². The molecule has 0 amide bonds. The molecule has 0 radical (unpaired) electrons. The number of hydrogen-bond acceptors (Lipinski definition) is 4. The Hall–Kier alpha value is -2.17. The first-order chi connectivity index (χ1) is 10.0. The summed E-state index contributed by atoms with van der Waals surface area (Å²) in [7, 11) is 0. The van der Waals surface area contributed by atoms with Crippen LogP contribution in [0.5, 0.6) is 5.75 Å². The highest BCUT2D eigenvalue weighted by atomic mass is 16.6. The average molecular weight is 291 g/mol. The third-order valence-electron chi connectivity index (χ3n) is 3.46. The van der Waals surface area contributed by atoms with Crippen LogP contribution in [0, 0.1) is 16.0 Å². The fourth-order valence-electron chi connectivity index (χ4n) is 2.01. The molecule has 0 N–H and O–H groups in total. The number of nitrogens with zero attached hydrogens (tertiary/aromatic N) is 1. The molecule has 0 aliphatic heterocycles. The van der Waals surface area contributed by atoms with Crippen molar-refractivity contribution in [2.75, 3.05) is 0 Å². The number of carbonyl (C=O) groups is 1. The topological polar surface area (TPSA) is 69.4 Å². The molecule has 1 unspecified atom stereocenters. The van der Waals surface area contributed by atoms with E-state index in [0.29, 0.717) is 18.6 Å². The number of carbonyl (C=O) groups excluding carboxylic acids is 1. The van der Waals surface area contributed by atoms with E-state index in [1.54, 1.807) is 0 Å². The van der Waals surface area contributed by atoms with Gasteiger partial charge in [0.2, 0.25) is 0 Å². The quantitative estimate of drug-likeness (QED) is 0.247. The monoisotopic (exact) mass is 291 g/mol. The van der Waals surface area contributed by atoms with E-state index in [1.807, 2.05) is 19.9 Å². The number of esters is 1. The summed E-state index contributed by atoms with van der Waals surface area (Å²) in [5.74, 6) is -0.145. The Labute approximate surface area is 124 Å². The molecule has 0 saturated carbocycles. The molecule has 0 heterocycles. The van der Waals surface area contributed by atoms with E-state index < -0.39 is 4.92 Å². The minimum Gasteiger partial charge on any atom is -0.426 e. The maximum atomic E-state index is 12.1. The summed E-state index contributed by atoms with van der Waals surface area (Å²) in [5, 5.41) is 10.6. The average Bonchev–Trinajstić information content (AvgIpc) is 2.49. The molecule has 0 fully saturated rings. The smallest absolute Gasteiger partial charge is 0.314 e. The summed E-state index contributed by atoms with van der Waals surface area (Å²) in [5.41, 5.74) is 1.20. The summed E-state index contributed by atoms with van der Waals surface area (Å²) in [6.07, 6.45) is 4.33. The lowest BCUT2D eigenvalue weighted by molar-refractivity contribution is -0.384. The molecule has 0 aliphatic rings. The van der Waals surface area contributed by atoms with Crippen molar-refractivity contribution in [2.45, 2.75) is 40.0 Å². The molecule has 1 aromatic carbocycles. The standard InChI is InChI=1S/C16H21NO4/c1-4-12(5-2)11-13(6-3)16(18)21-15-9-7-14(8-10-15)17(19)20/h4,7-10,13H,5-6,11H2,1-3H3/b12-4+. The number of allylic oxidation sites excluding steroid dienone is 2. The number of nitro benzene ring substituents is 1. The van der Waals surface area contributed by atoms with Crippen LogP contribution in [0.1, 0.15) is 40.0 Å². The van der Waals surface area contributed by atoms with Gasteiger partial charge in [0.05, 0.1) is 10.8 Å². The molecule has 1 rings (SSSR count). The fraction of sp³-hybridized carbons (Fsp3) is 0.438. The molecule has 0 bridgehead atoms. The predicted molar refractivity (Wildman–Crippen MR) is 81.2 cm³/mol. The van der Waals surface area contributed by atoms with Crippen molar-refractivity contribution < 1.29 is 14.5 Å². The molecule has 5 heteroatoms. The van der Waals surface area contributed by atoms with Gasteiger partial charge in [0.25, 0.3) is 5.69 Å². The normalized spacial score (nSPS) is 12.8. The zero-order valence-corrected chi connectivity index (χ0v) is 12.7. The fourth-order valence-corrected chi connectivity index (χ4v) is 2.01. The number of ether oxygens (including phenoxy) is 1. The molecule has 114 valence electrons. The van der Waals surface area contributed by atoms with E-state index >= 15 is 0 Å². The van der Waals surface area contributed by atoms with Gasteiger partial charge in [-0.05, 0) is 38.3 Å². The highest BCUT2D eigenvalue weighted by molar-refractivity contribution is 5.75. The SMILES string of the molecule is C/C=C(\CC)CC(CC)C(=O)Oc1ccc([N+](=O)[O-])cc1. The van der Waals surface area contributed by atoms with Crippen LogP contribution >= 0.6 is 0 Å². The Balaban J connectivity index is 2.71. The Bertz CT molecular complexity index is 520. The first-order valence-corrected chi connectivity index (χ1v) is 7.12. The molecular weight excluding hydrogens is 270 g/mol. The number of benzene rings is 1. The van der Waals surface area contributed by atoms with Gasteiger partial charge in [0.15, 0.2) is 0 Å². The molecule has 0 aromatic heterocycles. The maximum absolute atomic E-state index is 12.1. The summed E-state index contributed by atoms with van der Waals surface area (Å²) in [6, 6.07) is 5.54. The van der Waals surface area contributed by atoms with Gasteiger partial charge in [-0.15, -0.1) is 0 Å². The lowest BCUT2D eigenvalue weighted by Gasteiger charge is -2.15. The lowest BCUT2D eigenvalue weighted by atomic mass is 9.95. The maximum Gasteiger partial charge on any atom is 0.314 e. The third-order valence-corrected chi connectivity index (χ3v) is 3.46. The van der Waals surface area contributed by atoms with Crippen LogP contribution in [0.15, 0.2) is 35.9 Å². The Morgan fingerprint density at radius 3 is 2.38 bits per heavy atom. The van der Waals surface area contributed by atoms with E-state index in [1.165, 1.54) is 29.8 Å². The van der Waals surface area contributed by atoms with Gasteiger partial charge in [0, 0.05) is 12.1 Å². The van der Waals surface area contributed by atoms with E-state index in [2.05, 4.69) is 6.92 Å². The number of rotatable bonds is 7. The minimum atomic E-state index is -0.486. The van der Waals surface area contributed by atoms with Crippen LogP contribution < -0.4 is 4.74 Å². The molecule has 1 aromatic rings. The summed E-state index contributed by atoms with van der Waals surface area (Å²) >= 11 is 0. The number of nitro groups is 1. The first-order valence-electron chi connectivity index (χ1n) is 7.12. The molecule has 0 saturated heterocycles.